The number of nitrogen functional groups attached to an aromatic ring is 1. The summed E-state index contributed by atoms with van der Waals surface area (Å²) in [6, 6.07) is 7.87. The van der Waals surface area contributed by atoms with Crippen LogP contribution in [0.2, 0.25) is 0 Å². The number of nitrogens with two attached hydrogens (primary N) is 1. The molecule has 0 saturated carbocycles. The number of fused-ring (bicyclic) bond motifs is 1. The van der Waals surface area contributed by atoms with E-state index < -0.39 is 0 Å². The Morgan fingerprint density at radius 2 is 2.06 bits per heavy atom. The maximum absolute atomic E-state index is 5.68. The lowest BCUT2D eigenvalue weighted by Crippen LogP contribution is -2.17. The Labute approximate surface area is 93.7 Å². The van der Waals surface area contributed by atoms with Crippen LogP contribution >= 0.6 is 0 Å². The van der Waals surface area contributed by atoms with Gasteiger partial charge in [-0.25, -0.2) is 4.98 Å². The van der Waals surface area contributed by atoms with E-state index in [-0.39, 0.29) is 0 Å². The molecule has 1 aliphatic heterocycles. The van der Waals surface area contributed by atoms with Gasteiger partial charge < -0.3 is 15.0 Å². The first-order valence-corrected chi connectivity index (χ1v) is 5.32. The Balaban J connectivity index is 2.06. The highest BCUT2D eigenvalue weighted by molar-refractivity contribution is 5.62. The van der Waals surface area contributed by atoms with Crippen LogP contribution in [-0.4, -0.2) is 16.2 Å². The van der Waals surface area contributed by atoms with Gasteiger partial charge in [0.15, 0.2) is 0 Å². The molecule has 0 spiro atoms. The molecule has 1 aliphatic rings. The third kappa shape index (κ3) is 1.47. The highest BCUT2D eigenvalue weighted by Gasteiger charge is 2.14. The lowest BCUT2D eigenvalue weighted by atomic mass is 10.1. The van der Waals surface area contributed by atoms with Gasteiger partial charge >= 0.3 is 0 Å². The molecular formula is C12H13N3O. The van der Waals surface area contributed by atoms with Gasteiger partial charge in [0, 0.05) is 12.2 Å². The molecule has 1 aromatic carbocycles. The Morgan fingerprint density at radius 3 is 2.88 bits per heavy atom. The average Bonchev–Trinajstić information content (AvgIpc) is 2.74. The van der Waals surface area contributed by atoms with E-state index in [0.717, 1.165) is 35.9 Å². The molecule has 0 atom stereocenters. The molecule has 0 aliphatic carbocycles. The summed E-state index contributed by atoms with van der Waals surface area (Å²) in [5, 5.41) is 0. The van der Waals surface area contributed by atoms with Crippen molar-refractivity contribution < 1.29 is 4.74 Å². The second-order valence-electron chi connectivity index (χ2n) is 3.89. The Hall–Kier alpha value is -1.81. The standard InChI is InChI=1S/C12H13N3O/c13-10-3-1-9(2-4-10)11-7-14-12-8-16-6-5-15(11)12/h1-4,7H,5-6,8,13H2. The number of hydrogen-bond donors (Lipinski definition) is 1. The summed E-state index contributed by atoms with van der Waals surface area (Å²) in [6.07, 6.45) is 1.90. The Morgan fingerprint density at radius 1 is 1.25 bits per heavy atom. The van der Waals surface area contributed by atoms with Crippen molar-refractivity contribution in [2.24, 2.45) is 0 Å². The fourth-order valence-electron chi connectivity index (χ4n) is 1.98. The normalized spacial score (nSPS) is 14.8. The van der Waals surface area contributed by atoms with Crippen molar-refractivity contribution in [1.82, 2.24) is 9.55 Å². The molecule has 2 aromatic rings. The highest BCUT2D eigenvalue weighted by atomic mass is 16.5. The summed E-state index contributed by atoms with van der Waals surface area (Å²) in [5.74, 6) is 0.998. The van der Waals surface area contributed by atoms with Gasteiger partial charge in [0.1, 0.15) is 12.4 Å². The van der Waals surface area contributed by atoms with Crippen LogP contribution in [0.3, 0.4) is 0 Å². The summed E-state index contributed by atoms with van der Waals surface area (Å²) < 4.78 is 7.56. The Bertz CT molecular complexity index is 501. The van der Waals surface area contributed by atoms with E-state index >= 15 is 0 Å². The fourth-order valence-corrected chi connectivity index (χ4v) is 1.98. The van der Waals surface area contributed by atoms with Crippen LogP contribution in [0, 0.1) is 0 Å². The zero-order chi connectivity index (χ0) is 11.0. The number of aromatic nitrogens is 2. The van der Waals surface area contributed by atoms with E-state index in [0.29, 0.717) is 6.61 Å². The summed E-state index contributed by atoms with van der Waals surface area (Å²) >= 11 is 0. The van der Waals surface area contributed by atoms with E-state index in [1.54, 1.807) is 0 Å². The van der Waals surface area contributed by atoms with Crippen LogP contribution in [0.25, 0.3) is 11.3 Å². The van der Waals surface area contributed by atoms with Gasteiger partial charge in [-0.2, -0.15) is 0 Å². The molecule has 4 heteroatoms. The first-order chi connectivity index (χ1) is 7.84. The summed E-state index contributed by atoms with van der Waals surface area (Å²) in [7, 11) is 0. The summed E-state index contributed by atoms with van der Waals surface area (Å²) in [5.41, 5.74) is 8.74. The van der Waals surface area contributed by atoms with Crippen molar-refractivity contribution in [2.45, 2.75) is 13.2 Å². The maximum Gasteiger partial charge on any atom is 0.135 e. The average molecular weight is 215 g/mol. The third-order valence-corrected chi connectivity index (χ3v) is 2.84. The molecule has 0 radical (unpaired) electrons. The first-order valence-electron chi connectivity index (χ1n) is 5.32. The monoisotopic (exact) mass is 215 g/mol. The van der Waals surface area contributed by atoms with Gasteiger partial charge in [0.2, 0.25) is 0 Å². The van der Waals surface area contributed by atoms with Crippen molar-refractivity contribution >= 4 is 5.69 Å². The van der Waals surface area contributed by atoms with Gasteiger partial charge in [0.05, 0.1) is 18.5 Å². The number of nitrogens with zero attached hydrogens (tertiary/aromatic N) is 2. The minimum absolute atomic E-state index is 0.606. The van der Waals surface area contributed by atoms with Gasteiger partial charge in [-0.05, 0) is 17.7 Å². The van der Waals surface area contributed by atoms with E-state index in [1.807, 2.05) is 30.5 Å². The van der Waals surface area contributed by atoms with Crippen molar-refractivity contribution in [3.05, 3.63) is 36.3 Å². The van der Waals surface area contributed by atoms with Crippen molar-refractivity contribution in [2.75, 3.05) is 12.3 Å². The predicted molar refractivity (Wildman–Crippen MR) is 61.7 cm³/mol. The lowest BCUT2D eigenvalue weighted by Gasteiger charge is -2.17. The molecule has 0 fully saturated rings. The topological polar surface area (TPSA) is 53.1 Å². The molecule has 0 saturated heterocycles. The fraction of sp³-hybridized carbons (Fsp3) is 0.250. The minimum atomic E-state index is 0.606. The van der Waals surface area contributed by atoms with Crippen molar-refractivity contribution in [3.8, 4) is 11.3 Å². The maximum atomic E-state index is 5.68. The predicted octanol–water partition coefficient (Wildman–Crippen LogP) is 1.66. The van der Waals surface area contributed by atoms with Gasteiger partial charge in [0.25, 0.3) is 0 Å². The van der Waals surface area contributed by atoms with Crippen LogP contribution in [-0.2, 0) is 17.9 Å². The van der Waals surface area contributed by atoms with Crippen LogP contribution in [0.5, 0.6) is 0 Å². The summed E-state index contributed by atoms with van der Waals surface area (Å²) in [4.78, 5) is 4.36. The molecule has 0 unspecified atom stereocenters. The van der Waals surface area contributed by atoms with Crippen molar-refractivity contribution in [1.29, 1.82) is 0 Å². The molecule has 0 bridgehead atoms. The van der Waals surface area contributed by atoms with E-state index in [2.05, 4.69) is 9.55 Å². The molecule has 0 amide bonds. The number of rotatable bonds is 1. The summed E-state index contributed by atoms with van der Waals surface area (Å²) in [6.45, 7) is 2.23. The zero-order valence-corrected chi connectivity index (χ0v) is 8.89. The number of benzene rings is 1. The van der Waals surface area contributed by atoms with Crippen LogP contribution in [0.1, 0.15) is 5.82 Å². The zero-order valence-electron chi connectivity index (χ0n) is 8.89. The lowest BCUT2D eigenvalue weighted by molar-refractivity contribution is 0.0821. The molecule has 2 heterocycles. The van der Waals surface area contributed by atoms with Crippen molar-refractivity contribution in [3.63, 3.8) is 0 Å². The van der Waals surface area contributed by atoms with Gasteiger partial charge in [-0.1, -0.05) is 12.1 Å². The smallest absolute Gasteiger partial charge is 0.135 e. The Kier molecular flexibility index (Phi) is 2.15. The molecule has 1 aromatic heterocycles. The molecular weight excluding hydrogens is 202 g/mol. The van der Waals surface area contributed by atoms with Crippen LogP contribution < -0.4 is 5.73 Å². The number of anilines is 1. The van der Waals surface area contributed by atoms with E-state index in [9.17, 15) is 0 Å². The quantitative estimate of drug-likeness (QED) is 0.736. The molecule has 16 heavy (non-hydrogen) atoms. The molecule has 3 rings (SSSR count). The second kappa shape index (κ2) is 3.64. The second-order valence-corrected chi connectivity index (χ2v) is 3.89. The first kappa shape index (κ1) is 9.42. The minimum Gasteiger partial charge on any atom is -0.399 e. The molecule has 82 valence electrons. The number of imidazole rings is 1. The van der Waals surface area contributed by atoms with Gasteiger partial charge in [-0.3, -0.25) is 0 Å². The largest absolute Gasteiger partial charge is 0.399 e. The highest BCUT2D eigenvalue weighted by Crippen LogP contribution is 2.23. The SMILES string of the molecule is Nc1ccc(-c2cnc3n2CCOC3)cc1. The van der Waals surface area contributed by atoms with Crippen LogP contribution in [0.4, 0.5) is 5.69 Å². The molecule has 4 nitrogen and oxygen atoms in total. The number of ether oxygens (including phenoxy) is 1. The van der Waals surface area contributed by atoms with E-state index in [4.69, 9.17) is 10.5 Å². The van der Waals surface area contributed by atoms with Gasteiger partial charge in [-0.15, -0.1) is 0 Å². The molecule has 2 N–H and O–H groups in total. The third-order valence-electron chi connectivity index (χ3n) is 2.84. The van der Waals surface area contributed by atoms with Crippen LogP contribution in [0.15, 0.2) is 30.5 Å². The van der Waals surface area contributed by atoms with E-state index in [1.165, 1.54) is 0 Å². The number of hydrogen-bond acceptors (Lipinski definition) is 3.